The predicted molar refractivity (Wildman–Crippen MR) is 136 cm³/mol. The third-order valence-corrected chi connectivity index (χ3v) is 5.82. The molecule has 1 aliphatic rings. The van der Waals surface area contributed by atoms with Gasteiger partial charge in [0.05, 0.1) is 34.8 Å². The monoisotopic (exact) mass is 460 g/mol. The van der Waals surface area contributed by atoms with Crippen molar-refractivity contribution >= 4 is 28.7 Å². The number of benzene rings is 2. The number of rotatable bonds is 7. The number of aliphatic hydroxyl groups excluding tert-OH is 1. The van der Waals surface area contributed by atoms with Gasteiger partial charge in [0, 0.05) is 44.1 Å². The lowest BCUT2D eigenvalue weighted by atomic mass is 10.1. The van der Waals surface area contributed by atoms with Crippen LogP contribution < -0.4 is 16.0 Å². The van der Waals surface area contributed by atoms with Crippen molar-refractivity contribution in [3.63, 3.8) is 0 Å². The second-order valence-electron chi connectivity index (χ2n) is 8.44. The number of carbonyl (C=O) groups is 1. The quantitative estimate of drug-likeness (QED) is 0.432. The summed E-state index contributed by atoms with van der Waals surface area (Å²) in [5.41, 5.74) is 10.9. The summed E-state index contributed by atoms with van der Waals surface area (Å²) in [7, 11) is 0. The first-order valence-corrected chi connectivity index (χ1v) is 11.3. The molecule has 0 saturated carbocycles. The summed E-state index contributed by atoms with van der Waals surface area (Å²) < 4.78 is 0. The number of nitriles is 1. The number of aliphatic imine (C=N–C) groups is 1. The van der Waals surface area contributed by atoms with E-state index in [2.05, 4.69) is 26.2 Å². The Kier molecular flexibility index (Phi) is 8.41. The molecule has 0 spiro atoms. The maximum atomic E-state index is 13.1. The largest absolute Gasteiger partial charge is 0.402 e. The van der Waals surface area contributed by atoms with E-state index >= 15 is 0 Å². The number of β-amino-alcohol motifs (C(OH)–C–C–N with tert-alkyl or cyclic N) is 1. The Balaban J connectivity index is 1.76. The molecule has 178 valence electrons. The number of piperazine rings is 1. The van der Waals surface area contributed by atoms with Crippen LogP contribution in [0.5, 0.6) is 0 Å². The minimum Gasteiger partial charge on any atom is -0.402 e. The van der Waals surface area contributed by atoms with Gasteiger partial charge in [0.15, 0.2) is 0 Å². The number of aliphatic hydroxyl groups is 1. The fourth-order valence-corrected chi connectivity index (χ4v) is 4.02. The Hall–Kier alpha value is -3.67. The minimum absolute atomic E-state index is 0.145. The molecule has 1 fully saturated rings. The molecule has 1 amide bonds. The lowest BCUT2D eigenvalue weighted by Crippen LogP contribution is -2.47. The number of hydrogen-bond donors (Lipinski definition) is 3. The van der Waals surface area contributed by atoms with E-state index in [0.717, 1.165) is 43.1 Å². The zero-order valence-corrected chi connectivity index (χ0v) is 20.0. The Morgan fingerprint density at radius 1 is 1.15 bits per heavy atom. The second-order valence-corrected chi connectivity index (χ2v) is 8.44. The molecule has 2 aromatic rings. The summed E-state index contributed by atoms with van der Waals surface area (Å²) in [6.07, 6.45) is 0. The maximum absolute atomic E-state index is 13.1. The zero-order valence-electron chi connectivity index (χ0n) is 20.0. The maximum Gasteiger partial charge on any atom is 0.259 e. The number of carbonyl (C=O) groups excluding carboxylic acids is 1. The highest BCUT2D eigenvalue weighted by Gasteiger charge is 2.20. The van der Waals surface area contributed by atoms with E-state index in [1.807, 2.05) is 37.3 Å². The highest BCUT2D eigenvalue weighted by atomic mass is 16.3. The summed E-state index contributed by atoms with van der Waals surface area (Å²) in [5, 5.41) is 21.7. The number of hydrogen-bond acceptors (Lipinski definition) is 7. The van der Waals surface area contributed by atoms with Crippen LogP contribution in [0.25, 0.3) is 0 Å². The Labute approximate surface area is 201 Å². The van der Waals surface area contributed by atoms with E-state index < -0.39 is 0 Å². The fourth-order valence-electron chi connectivity index (χ4n) is 4.02. The van der Waals surface area contributed by atoms with Gasteiger partial charge in [0.2, 0.25) is 0 Å². The van der Waals surface area contributed by atoms with E-state index in [4.69, 9.17) is 10.8 Å². The van der Waals surface area contributed by atoms with E-state index in [9.17, 15) is 10.1 Å². The average molecular weight is 461 g/mol. The molecule has 0 atom stereocenters. The van der Waals surface area contributed by atoms with Gasteiger partial charge in [-0.15, -0.1) is 0 Å². The Morgan fingerprint density at radius 3 is 2.41 bits per heavy atom. The van der Waals surface area contributed by atoms with Crippen LogP contribution >= 0.6 is 0 Å². The average Bonchev–Trinajstić information content (AvgIpc) is 2.81. The number of nitrogens with two attached hydrogens (primary N) is 1. The molecule has 8 nitrogen and oxygen atoms in total. The first-order chi connectivity index (χ1) is 16.3. The topological polar surface area (TPSA) is 118 Å². The lowest BCUT2D eigenvalue weighted by molar-refractivity contribution is -0.112. The molecule has 0 aliphatic carbocycles. The molecule has 0 unspecified atom stereocenters. The van der Waals surface area contributed by atoms with Gasteiger partial charge in [-0.1, -0.05) is 17.7 Å². The summed E-state index contributed by atoms with van der Waals surface area (Å²) >= 11 is 0. The molecular formula is C26H32N6O2. The molecule has 8 heteroatoms. The molecular weight excluding hydrogens is 428 g/mol. The van der Waals surface area contributed by atoms with Gasteiger partial charge >= 0.3 is 0 Å². The van der Waals surface area contributed by atoms with E-state index in [0.29, 0.717) is 34.8 Å². The van der Waals surface area contributed by atoms with Crippen LogP contribution in [-0.2, 0) is 4.79 Å². The smallest absolute Gasteiger partial charge is 0.259 e. The van der Waals surface area contributed by atoms with Crippen molar-refractivity contribution < 1.29 is 9.90 Å². The van der Waals surface area contributed by atoms with Crippen molar-refractivity contribution in [3.8, 4) is 6.07 Å². The van der Waals surface area contributed by atoms with Crippen molar-refractivity contribution in [3.05, 3.63) is 64.9 Å². The van der Waals surface area contributed by atoms with Crippen LogP contribution in [0.3, 0.4) is 0 Å². The predicted octanol–water partition coefficient (Wildman–Crippen LogP) is 2.94. The van der Waals surface area contributed by atoms with Gasteiger partial charge in [0.1, 0.15) is 6.07 Å². The fraction of sp³-hybridized carbons (Fsp3) is 0.346. The molecule has 1 heterocycles. The van der Waals surface area contributed by atoms with Crippen LogP contribution in [0.15, 0.2) is 58.7 Å². The van der Waals surface area contributed by atoms with E-state index in [-0.39, 0.29) is 12.5 Å². The Morgan fingerprint density at radius 2 is 1.82 bits per heavy atom. The van der Waals surface area contributed by atoms with Gasteiger partial charge < -0.3 is 21.1 Å². The number of nitrogens with zero attached hydrogens (tertiary/aromatic N) is 4. The zero-order chi connectivity index (χ0) is 24.7. The first kappa shape index (κ1) is 25.0. The Bertz CT molecular complexity index is 1120. The summed E-state index contributed by atoms with van der Waals surface area (Å²) in [6.45, 7) is 9.43. The normalized spacial score (nSPS) is 15.5. The standard InChI is InChI=1S/C26H32N6O2/c1-18-4-6-22(7-5-18)29-20(3)25(19(2)28)26(34)30-23-8-9-24(21(16-23)17-27)32-12-10-31(11-13-32)14-15-33/h4-9,16,33H,10-15,28H2,1-3H3,(H,30,34). The van der Waals surface area contributed by atoms with E-state index in [1.54, 1.807) is 26.0 Å². The summed E-state index contributed by atoms with van der Waals surface area (Å²) in [5.74, 6) is -0.373. The van der Waals surface area contributed by atoms with Crippen molar-refractivity contribution in [1.29, 1.82) is 5.26 Å². The number of anilines is 2. The highest BCUT2D eigenvalue weighted by molar-refractivity contribution is 6.25. The summed E-state index contributed by atoms with van der Waals surface area (Å²) in [4.78, 5) is 22.0. The molecule has 1 aliphatic heterocycles. The van der Waals surface area contributed by atoms with Crippen LogP contribution in [-0.4, -0.2) is 61.0 Å². The van der Waals surface area contributed by atoms with Crippen LogP contribution in [0.2, 0.25) is 0 Å². The third kappa shape index (κ3) is 6.22. The van der Waals surface area contributed by atoms with Crippen molar-refractivity contribution in [2.24, 2.45) is 10.7 Å². The first-order valence-electron chi connectivity index (χ1n) is 11.3. The highest BCUT2D eigenvalue weighted by Crippen LogP contribution is 2.26. The van der Waals surface area contributed by atoms with Gasteiger partial charge in [-0.3, -0.25) is 14.7 Å². The minimum atomic E-state index is -0.373. The molecule has 0 bridgehead atoms. The molecule has 1 saturated heterocycles. The molecule has 34 heavy (non-hydrogen) atoms. The van der Waals surface area contributed by atoms with Gasteiger partial charge in [-0.2, -0.15) is 5.26 Å². The van der Waals surface area contributed by atoms with Crippen LogP contribution in [0.4, 0.5) is 17.1 Å². The van der Waals surface area contributed by atoms with Crippen LogP contribution in [0, 0.1) is 18.3 Å². The molecule has 2 aromatic carbocycles. The molecule has 0 aromatic heterocycles. The SMILES string of the molecule is CC(=Nc1ccc(C)cc1)C(C(=O)Nc1ccc(N2CCN(CCO)CC2)c(C#N)c1)=C(C)N. The van der Waals surface area contributed by atoms with E-state index in [1.165, 1.54) is 0 Å². The molecule has 3 rings (SSSR count). The van der Waals surface area contributed by atoms with Crippen molar-refractivity contribution in [1.82, 2.24) is 4.90 Å². The number of aryl methyl sites for hydroxylation is 1. The number of nitrogens with one attached hydrogen (secondary N) is 1. The van der Waals surface area contributed by atoms with Gasteiger partial charge in [0.25, 0.3) is 5.91 Å². The van der Waals surface area contributed by atoms with Crippen molar-refractivity contribution in [2.45, 2.75) is 20.8 Å². The number of allylic oxidation sites excluding steroid dienone is 1. The number of amides is 1. The van der Waals surface area contributed by atoms with Gasteiger partial charge in [-0.05, 0) is 51.1 Å². The molecule has 0 radical (unpaired) electrons. The van der Waals surface area contributed by atoms with Crippen molar-refractivity contribution in [2.75, 3.05) is 49.5 Å². The van der Waals surface area contributed by atoms with Gasteiger partial charge in [-0.25, -0.2) is 0 Å². The third-order valence-electron chi connectivity index (χ3n) is 5.82. The molecule has 4 N–H and O–H groups in total. The lowest BCUT2D eigenvalue weighted by Gasteiger charge is -2.36. The summed E-state index contributed by atoms with van der Waals surface area (Å²) in [6, 6.07) is 15.3. The van der Waals surface area contributed by atoms with Crippen LogP contribution in [0.1, 0.15) is 25.0 Å². The second kappa shape index (κ2) is 11.5.